The molecule has 0 unspecified atom stereocenters. The maximum atomic E-state index is 14.4. The molecule has 2 atom stereocenters. The molecule has 0 N–H and O–H groups in total. The van der Waals surface area contributed by atoms with E-state index in [1.54, 1.807) is 0 Å². The highest BCUT2D eigenvalue weighted by molar-refractivity contribution is 7.90. The Morgan fingerprint density at radius 2 is 1.76 bits per heavy atom. The summed E-state index contributed by atoms with van der Waals surface area (Å²) in [4.78, 5) is 0.0602. The molecule has 3 aromatic rings. The Labute approximate surface area is 212 Å². The molecule has 0 bridgehead atoms. The lowest BCUT2D eigenvalue weighted by Crippen LogP contribution is -2.34. The van der Waals surface area contributed by atoms with Crippen LogP contribution in [0.15, 0.2) is 65.7 Å². The van der Waals surface area contributed by atoms with E-state index in [-0.39, 0.29) is 30.2 Å². The van der Waals surface area contributed by atoms with Crippen molar-refractivity contribution in [2.24, 2.45) is 5.92 Å². The van der Waals surface area contributed by atoms with Crippen molar-refractivity contribution in [3.63, 3.8) is 0 Å². The number of hydrogen-bond acceptors (Lipinski definition) is 4. The monoisotopic (exact) mass is 542 g/mol. The minimum absolute atomic E-state index is 0.00621. The van der Waals surface area contributed by atoms with Crippen molar-refractivity contribution < 1.29 is 35.1 Å². The first-order valence-electron chi connectivity index (χ1n) is 11.7. The molecule has 5 nitrogen and oxygen atoms in total. The highest BCUT2D eigenvalue weighted by Gasteiger charge is 2.44. The van der Waals surface area contributed by atoms with E-state index in [0.29, 0.717) is 11.1 Å². The number of alkyl halides is 5. The normalized spacial score (nSPS) is 20.2. The van der Waals surface area contributed by atoms with Crippen LogP contribution in [0.1, 0.15) is 36.4 Å². The number of aromatic nitrogens is 2. The molecule has 0 saturated heterocycles. The lowest BCUT2D eigenvalue weighted by atomic mass is 9.75. The Kier molecular flexibility index (Phi) is 7.75. The minimum atomic E-state index is -4.53. The fourth-order valence-corrected chi connectivity index (χ4v) is 5.38. The molecule has 0 spiro atoms. The summed E-state index contributed by atoms with van der Waals surface area (Å²) >= 11 is 0. The van der Waals surface area contributed by atoms with E-state index >= 15 is 0 Å². The van der Waals surface area contributed by atoms with Crippen LogP contribution < -0.4 is 0 Å². The lowest BCUT2D eigenvalue weighted by Gasteiger charge is -2.35. The van der Waals surface area contributed by atoms with Crippen molar-refractivity contribution >= 4 is 9.84 Å². The first kappa shape index (κ1) is 27.3. The topological polar surface area (TPSA) is 61.2 Å². The Balaban J connectivity index is 1.67. The number of ether oxygens (including phenoxy) is 1. The molecule has 1 saturated carbocycles. The Hall–Kier alpha value is -2.79. The van der Waals surface area contributed by atoms with E-state index in [0.717, 1.165) is 16.5 Å². The maximum absolute atomic E-state index is 14.4. The molecule has 1 fully saturated rings. The third-order valence-electron chi connectivity index (χ3n) is 6.47. The highest BCUT2D eigenvalue weighted by atomic mass is 32.2. The van der Waals surface area contributed by atoms with Gasteiger partial charge in [-0.3, -0.25) is 4.68 Å². The lowest BCUT2D eigenvalue weighted by molar-refractivity contribution is -0.142. The Morgan fingerprint density at radius 3 is 2.38 bits per heavy atom. The quantitative estimate of drug-likeness (QED) is 0.316. The standard InChI is InChI=1S/C26H27F5N2O3S/c1-37(34,35)21-9-7-19(8-10-21)23-14-33(17-26(29,30)31)32-24(23)22-11-12-25(27,28)13-20(22)16-36-15-18-5-3-2-4-6-18/h2-10,14,20,22H,11-13,15-17H2,1H3/t20-,22+/m0/s1. The predicted molar refractivity (Wildman–Crippen MR) is 128 cm³/mol. The van der Waals surface area contributed by atoms with Gasteiger partial charge in [0.25, 0.3) is 0 Å². The fourth-order valence-electron chi connectivity index (χ4n) is 4.75. The molecule has 1 aromatic heterocycles. The Morgan fingerprint density at radius 1 is 1.08 bits per heavy atom. The number of sulfone groups is 1. The van der Waals surface area contributed by atoms with Crippen molar-refractivity contribution in [3.8, 4) is 11.1 Å². The zero-order valence-electron chi connectivity index (χ0n) is 20.1. The first-order valence-corrected chi connectivity index (χ1v) is 13.6. The second kappa shape index (κ2) is 10.5. The molecule has 1 aliphatic rings. The smallest absolute Gasteiger partial charge is 0.376 e. The second-order valence-electron chi connectivity index (χ2n) is 9.50. The molecule has 0 amide bonds. The summed E-state index contributed by atoms with van der Waals surface area (Å²) in [6, 6.07) is 14.9. The van der Waals surface area contributed by atoms with E-state index in [1.807, 2.05) is 30.3 Å². The van der Waals surface area contributed by atoms with E-state index < -0.39 is 53.2 Å². The minimum Gasteiger partial charge on any atom is -0.376 e. The summed E-state index contributed by atoms with van der Waals surface area (Å²) in [7, 11) is -3.48. The summed E-state index contributed by atoms with van der Waals surface area (Å²) in [6.07, 6.45) is -3.08. The second-order valence-corrected chi connectivity index (χ2v) is 11.5. The number of rotatable bonds is 8. The zero-order valence-corrected chi connectivity index (χ0v) is 20.9. The van der Waals surface area contributed by atoms with Crippen molar-refractivity contribution in [2.45, 2.75) is 55.3 Å². The number of benzene rings is 2. The number of hydrogen-bond donors (Lipinski definition) is 0. The van der Waals surface area contributed by atoms with E-state index in [2.05, 4.69) is 5.10 Å². The highest BCUT2D eigenvalue weighted by Crippen LogP contribution is 2.47. The van der Waals surface area contributed by atoms with Crippen molar-refractivity contribution in [2.75, 3.05) is 12.9 Å². The molecule has 1 aliphatic carbocycles. The average molecular weight is 543 g/mol. The molecular formula is C26H27F5N2O3S. The molecule has 37 heavy (non-hydrogen) atoms. The van der Waals surface area contributed by atoms with Crippen LogP contribution in [0.2, 0.25) is 0 Å². The summed E-state index contributed by atoms with van der Waals surface area (Å²) in [5.74, 6) is -4.14. The van der Waals surface area contributed by atoms with Crippen LogP contribution in [0, 0.1) is 5.92 Å². The largest absolute Gasteiger partial charge is 0.408 e. The summed E-state index contributed by atoms with van der Waals surface area (Å²) in [5.41, 5.74) is 1.97. The van der Waals surface area contributed by atoms with Crippen molar-refractivity contribution in [3.05, 3.63) is 72.1 Å². The van der Waals surface area contributed by atoms with Gasteiger partial charge in [-0.25, -0.2) is 17.2 Å². The molecular weight excluding hydrogens is 515 g/mol. The van der Waals surface area contributed by atoms with Crippen LogP contribution in [0.25, 0.3) is 11.1 Å². The molecule has 0 radical (unpaired) electrons. The van der Waals surface area contributed by atoms with Crippen LogP contribution >= 0.6 is 0 Å². The van der Waals surface area contributed by atoms with Crippen molar-refractivity contribution in [1.82, 2.24) is 9.78 Å². The van der Waals surface area contributed by atoms with Gasteiger partial charge in [-0.05, 0) is 35.6 Å². The molecule has 4 rings (SSSR count). The van der Waals surface area contributed by atoms with E-state index in [9.17, 15) is 30.4 Å². The average Bonchev–Trinajstić information content (AvgIpc) is 3.20. The summed E-state index contributed by atoms with van der Waals surface area (Å²) < 4.78 is 98.6. The van der Waals surface area contributed by atoms with Gasteiger partial charge < -0.3 is 4.74 Å². The predicted octanol–water partition coefficient (Wildman–Crippen LogP) is 6.25. The van der Waals surface area contributed by atoms with Gasteiger partial charge in [-0.15, -0.1) is 0 Å². The van der Waals surface area contributed by atoms with Gasteiger partial charge in [-0.2, -0.15) is 18.3 Å². The fraction of sp³-hybridized carbons (Fsp3) is 0.423. The van der Waals surface area contributed by atoms with Gasteiger partial charge in [0.15, 0.2) is 9.84 Å². The van der Waals surface area contributed by atoms with E-state index in [1.165, 1.54) is 30.5 Å². The SMILES string of the molecule is CS(=O)(=O)c1ccc(-c2cn(CC(F)(F)F)nc2[C@@H]2CCC(F)(F)C[C@H]2COCc2ccccc2)cc1. The molecule has 2 aromatic carbocycles. The van der Waals surface area contributed by atoms with Gasteiger partial charge in [0.1, 0.15) is 6.54 Å². The molecule has 11 heteroatoms. The first-order chi connectivity index (χ1) is 17.3. The Bertz CT molecular complexity index is 1310. The van der Waals surface area contributed by atoms with Crippen LogP contribution in [0.5, 0.6) is 0 Å². The summed E-state index contributed by atoms with van der Waals surface area (Å²) in [6.45, 7) is -1.12. The van der Waals surface area contributed by atoms with Gasteiger partial charge in [0.2, 0.25) is 5.92 Å². The van der Waals surface area contributed by atoms with Crippen molar-refractivity contribution in [1.29, 1.82) is 0 Å². The molecule has 1 heterocycles. The van der Waals surface area contributed by atoms with Crippen LogP contribution in [-0.4, -0.2) is 43.2 Å². The van der Waals surface area contributed by atoms with Gasteiger partial charge in [0.05, 0.1) is 23.8 Å². The summed E-state index contributed by atoms with van der Waals surface area (Å²) in [5, 5.41) is 4.21. The third-order valence-corrected chi connectivity index (χ3v) is 7.60. The van der Waals surface area contributed by atoms with Crippen LogP contribution in [0.4, 0.5) is 22.0 Å². The van der Waals surface area contributed by atoms with Crippen LogP contribution in [0.3, 0.4) is 0 Å². The van der Waals surface area contributed by atoms with Gasteiger partial charge in [-0.1, -0.05) is 42.5 Å². The third kappa shape index (κ3) is 7.16. The number of nitrogens with zero attached hydrogens (tertiary/aromatic N) is 2. The maximum Gasteiger partial charge on any atom is 0.408 e. The van der Waals surface area contributed by atoms with Gasteiger partial charge >= 0.3 is 6.18 Å². The zero-order chi connectivity index (χ0) is 26.8. The van der Waals surface area contributed by atoms with Gasteiger partial charge in [0, 0.05) is 36.8 Å². The van der Waals surface area contributed by atoms with Crippen LogP contribution in [-0.2, 0) is 27.7 Å². The molecule has 200 valence electrons. The van der Waals surface area contributed by atoms with E-state index in [4.69, 9.17) is 4.74 Å². The molecule has 0 aliphatic heterocycles. The number of halogens is 5.